The van der Waals surface area contributed by atoms with E-state index in [1.54, 1.807) is 0 Å². The number of nitrogens with zero attached hydrogens (tertiary/aromatic N) is 1. The van der Waals surface area contributed by atoms with Gasteiger partial charge in [-0.15, -0.1) is 0 Å². The van der Waals surface area contributed by atoms with Crippen LogP contribution in [0.15, 0.2) is 24.3 Å². The minimum Gasteiger partial charge on any atom is -0.372 e. The molecule has 0 amide bonds. The van der Waals surface area contributed by atoms with Crippen molar-refractivity contribution >= 4 is 0 Å². The number of nitrogens with one attached hydrogen (secondary N) is 1. The Hall–Kier alpha value is -0.900. The van der Waals surface area contributed by atoms with E-state index in [-0.39, 0.29) is 6.10 Å². The molecular formula is C17H26N2O. The molecule has 2 aliphatic rings. The Morgan fingerprint density at radius 3 is 2.85 bits per heavy atom. The molecule has 3 rings (SSSR count). The van der Waals surface area contributed by atoms with Crippen LogP contribution in [0.3, 0.4) is 0 Å². The fraction of sp³-hybridized carbons (Fsp3) is 0.647. The van der Waals surface area contributed by atoms with Crippen LogP contribution in [0.4, 0.5) is 0 Å². The highest BCUT2D eigenvalue weighted by Gasteiger charge is 2.21. The molecular weight excluding hydrogens is 248 g/mol. The van der Waals surface area contributed by atoms with E-state index in [2.05, 4.69) is 41.5 Å². The van der Waals surface area contributed by atoms with E-state index in [9.17, 15) is 0 Å². The van der Waals surface area contributed by atoms with E-state index in [0.29, 0.717) is 0 Å². The molecule has 0 spiro atoms. The monoisotopic (exact) mass is 274 g/mol. The van der Waals surface area contributed by atoms with Gasteiger partial charge in [0.1, 0.15) is 0 Å². The zero-order valence-electron chi connectivity index (χ0n) is 12.5. The summed E-state index contributed by atoms with van der Waals surface area (Å²) < 4.78 is 5.94. The molecule has 110 valence electrons. The lowest BCUT2D eigenvalue weighted by Crippen LogP contribution is -2.36. The Labute approximate surface area is 122 Å². The summed E-state index contributed by atoms with van der Waals surface area (Å²) in [7, 11) is 2.22. The molecule has 1 unspecified atom stereocenters. The van der Waals surface area contributed by atoms with Crippen LogP contribution in [0.1, 0.15) is 30.1 Å². The van der Waals surface area contributed by atoms with Crippen LogP contribution in [0.2, 0.25) is 0 Å². The standard InChI is InChI=1S/C17H26N2O/c1-19-9-6-14(7-10-19)12-18-13-17-16-5-3-2-4-15(16)8-11-20-17/h2-5,14,17-18H,6-13H2,1H3. The summed E-state index contributed by atoms with van der Waals surface area (Å²) in [6.07, 6.45) is 3.95. The van der Waals surface area contributed by atoms with Gasteiger partial charge in [-0.1, -0.05) is 24.3 Å². The van der Waals surface area contributed by atoms with Gasteiger partial charge in [0.15, 0.2) is 0 Å². The molecule has 2 aliphatic heterocycles. The molecule has 3 heteroatoms. The summed E-state index contributed by atoms with van der Waals surface area (Å²) in [5.74, 6) is 0.838. The van der Waals surface area contributed by atoms with Crippen LogP contribution in [-0.2, 0) is 11.2 Å². The van der Waals surface area contributed by atoms with E-state index in [4.69, 9.17) is 4.74 Å². The number of likely N-dealkylation sites (tertiary alicyclic amines) is 1. The molecule has 0 aliphatic carbocycles. The molecule has 3 nitrogen and oxygen atoms in total. The minimum absolute atomic E-state index is 0.242. The fourth-order valence-electron chi connectivity index (χ4n) is 3.33. The van der Waals surface area contributed by atoms with Crippen molar-refractivity contribution < 1.29 is 4.74 Å². The van der Waals surface area contributed by atoms with Crippen molar-refractivity contribution in [3.63, 3.8) is 0 Å². The van der Waals surface area contributed by atoms with Gasteiger partial charge < -0.3 is 15.0 Å². The van der Waals surface area contributed by atoms with Gasteiger partial charge in [0.25, 0.3) is 0 Å². The summed E-state index contributed by atoms with van der Waals surface area (Å²) in [4.78, 5) is 2.43. The van der Waals surface area contributed by atoms with Gasteiger partial charge in [-0.3, -0.25) is 0 Å². The van der Waals surface area contributed by atoms with Crippen molar-refractivity contribution in [1.82, 2.24) is 10.2 Å². The average molecular weight is 274 g/mol. The first-order valence-electron chi connectivity index (χ1n) is 7.91. The lowest BCUT2D eigenvalue weighted by atomic mass is 9.96. The summed E-state index contributed by atoms with van der Waals surface area (Å²) in [5, 5.41) is 3.64. The molecule has 1 atom stereocenters. The third-order valence-corrected chi connectivity index (χ3v) is 4.69. The van der Waals surface area contributed by atoms with Crippen molar-refractivity contribution in [2.75, 3.05) is 39.8 Å². The Balaban J connectivity index is 1.47. The van der Waals surface area contributed by atoms with Crippen molar-refractivity contribution in [3.8, 4) is 0 Å². The van der Waals surface area contributed by atoms with Gasteiger partial charge in [-0.2, -0.15) is 0 Å². The summed E-state index contributed by atoms with van der Waals surface area (Å²) in [5.41, 5.74) is 2.85. The molecule has 1 fully saturated rings. The van der Waals surface area contributed by atoms with Crippen LogP contribution in [0.5, 0.6) is 0 Å². The van der Waals surface area contributed by atoms with Crippen molar-refractivity contribution in [3.05, 3.63) is 35.4 Å². The summed E-state index contributed by atoms with van der Waals surface area (Å²) in [6, 6.07) is 8.71. The van der Waals surface area contributed by atoms with E-state index in [1.165, 1.54) is 37.1 Å². The highest BCUT2D eigenvalue weighted by Crippen LogP contribution is 2.26. The maximum absolute atomic E-state index is 5.94. The van der Waals surface area contributed by atoms with Gasteiger partial charge in [-0.25, -0.2) is 0 Å². The molecule has 1 saturated heterocycles. The maximum atomic E-state index is 5.94. The highest BCUT2D eigenvalue weighted by atomic mass is 16.5. The lowest BCUT2D eigenvalue weighted by Gasteiger charge is -2.30. The second kappa shape index (κ2) is 6.70. The molecule has 1 aromatic rings. The van der Waals surface area contributed by atoms with Crippen LogP contribution in [0, 0.1) is 5.92 Å². The smallest absolute Gasteiger partial charge is 0.0952 e. The van der Waals surface area contributed by atoms with Crippen molar-refractivity contribution in [2.24, 2.45) is 5.92 Å². The SMILES string of the molecule is CN1CCC(CNCC2OCCc3ccccc32)CC1. The third kappa shape index (κ3) is 3.40. The molecule has 1 aromatic carbocycles. The summed E-state index contributed by atoms with van der Waals surface area (Å²) >= 11 is 0. The first-order valence-corrected chi connectivity index (χ1v) is 7.91. The Morgan fingerprint density at radius 1 is 1.20 bits per heavy atom. The van der Waals surface area contributed by atoms with Crippen LogP contribution < -0.4 is 5.32 Å². The third-order valence-electron chi connectivity index (χ3n) is 4.69. The number of rotatable bonds is 4. The van der Waals surface area contributed by atoms with Gasteiger partial charge in [-0.05, 0) is 63.0 Å². The number of benzene rings is 1. The highest BCUT2D eigenvalue weighted by molar-refractivity contribution is 5.31. The van der Waals surface area contributed by atoms with E-state index in [0.717, 1.165) is 32.0 Å². The Bertz CT molecular complexity index is 427. The molecule has 0 saturated carbocycles. The maximum Gasteiger partial charge on any atom is 0.0952 e. The van der Waals surface area contributed by atoms with Gasteiger partial charge >= 0.3 is 0 Å². The zero-order valence-corrected chi connectivity index (χ0v) is 12.5. The van der Waals surface area contributed by atoms with Crippen molar-refractivity contribution in [2.45, 2.75) is 25.4 Å². The number of hydrogen-bond acceptors (Lipinski definition) is 3. The van der Waals surface area contributed by atoms with Crippen LogP contribution >= 0.6 is 0 Å². The zero-order chi connectivity index (χ0) is 13.8. The molecule has 1 N–H and O–H groups in total. The topological polar surface area (TPSA) is 24.5 Å². The first kappa shape index (κ1) is 14.1. The quantitative estimate of drug-likeness (QED) is 0.911. The van der Waals surface area contributed by atoms with E-state index >= 15 is 0 Å². The largest absolute Gasteiger partial charge is 0.372 e. The lowest BCUT2D eigenvalue weighted by molar-refractivity contribution is 0.0414. The predicted octanol–water partition coefficient (Wildman–Crippen LogP) is 2.23. The molecule has 0 radical (unpaired) electrons. The Morgan fingerprint density at radius 2 is 2.00 bits per heavy atom. The number of fused-ring (bicyclic) bond motifs is 1. The number of hydrogen-bond donors (Lipinski definition) is 1. The molecule has 20 heavy (non-hydrogen) atoms. The average Bonchev–Trinajstić information content (AvgIpc) is 2.49. The van der Waals surface area contributed by atoms with Crippen molar-refractivity contribution in [1.29, 1.82) is 0 Å². The van der Waals surface area contributed by atoms with E-state index < -0.39 is 0 Å². The van der Waals surface area contributed by atoms with E-state index in [1.807, 2.05) is 0 Å². The molecule has 0 bridgehead atoms. The van der Waals surface area contributed by atoms with Crippen LogP contribution in [-0.4, -0.2) is 44.7 Å². The number of piperidine rings is 1. The second-order valence-corrected chi connectivity index (χ2v) is 6.21. The number of ether oxygens (including phenoxy) is 1. The normalized spacial score (nSPS) is 24.6. The first-order chi connectivity index (χ1) is 9.83. The second-order valence-electron chi connectivity index (χ2n) is 6.21. The fourth-order valence-corrected chi connectivity index (χ4v) is 3.33. The molecule has 0 aromatic heterocycles. The van der Waals surface area contributed by atoms with Crippen LogP contribution in [0.25, 0.3) is 0 Å². The summed E-state index contributed by atoms with van der Waals surface area (Å²) in [6.45, 7) is 5.43. The van der Waals surface area contributed by atoms with Gasteiger partial charge in [0.2, 0.25) is 0 Å². The predicted molar refractivity (Wildman–Crippen MR) is 81.9 cm³/mol. The minimum atomic E-state index is 0.242. The van der Waals surface area contributed by atoms with Gasteiger partial charge in [0.05, 0.1) is 12.7 Å². The molecule has 2 heterocycles. The van der Waals surface area contributed by atoms with Gasteiger partial charge in [0, 0.05) is 6.54 Å². The Kier molecular flexibility index (Phi) is 4.71.